The molecule has 0 radical (unpaired) electrons. The van der Waals surface area contributed by atoms with Crippen LogP contribution < -0.4 is 5.32 Å². The van der Waals surface area contributed by atoms with Crippen LogP contribution in [0.25, 0.3) is 0 Å². The minimum absolute atomic E-state index is 0.00744. The van der Waals surface area contributed by atoms with Crippen LogP contribution in [0.5, 0.6) is 0 Å². The van der Waals surface area contributed by atoms with Crippen LogP contribution >= 0.6 is 0 Å². The molecular weight excluding hydrogens is 251 g/mol. The van der Waals surface area contributed by atoms with Gasteiger partial charge in [0.2, 0.25) is 0 Å². The number of benzene rings is 2. The third-order valence-corrected chi connectivity index (χ3v) is 2.84. The number of aryl methyl sites for hydroxylation is 1. The third-order valence-electron chi connectivity index (χ3n) is 2.84. The Bertz CT molecular complexity index is 541. The fourth-order valence-corrected chi connectivity index (χ4v) is 1.82. The molecule has 0 heterocycles. The van der Waals surface area contributed by atoms with E-state index in [1.54, 1.807) is 0 Å². The predicted molar refractivity (Wildman–Crippen MR) is 69.6 cm³/mol. The van der Waals surface area contributed by atoms with Crippen LogP contribution in [0.1, 0.15) is 12.0 Å². The zero-order valence-electron chi connectivity index (χ0n) is 10.3. The standard InChI is InChI=1S/C15H14F3N/c16-12-8-9-13(15(18)14(12)17)19-10-4-7-11-5-2-1-3-6-11/h1-3,5-6,8-9,19H,4,7,10H2. The fraction of sp³-hybridized carbons (Fsp3) is 0.200. The molecule has 0 aliphatic heterocycles. The minimum atomic E-state index is -1.44. The van der Waals surface area contributed by atoms with Crippen molar-refractivity contribution in [3.05, 3.63) is 65.5 Å². The number of halogens is 3. The molecule has 0 spiro atoms. The third kappa shape index (κ3) is 3.50. The van der Waals surface area contributed by atoms with Gasteiger partial charge >= 0.3 is 0 Å². The van der Waals surface area contributed by atoms with Crippen molar-refractivity contribution in [2.45, 2.75) is 12.8 Å². The summed E-state index contributed by atoms with van der Waals surface area (Å²) in [4.78, 5) is 0. The van der Waals surface area contributed by atoms with Crippen LogP contribution in [0.15, 0.2) is 42.5 Å². The molecule has 2 rings (SSSR count). The average Bonchev–Trinajstić information content (AvgIpc) is 2.44. The highest BCUT2D eigenvalue weighted by Crippen LogP contribution is 2.19. The highest BCUT2D eigenvalue weighted by atomic mass is 19.2. The molecule has 100 valence electrons. The zero-order chi connectivity index (χ0) is 13.7. The van der Waals surface area contributed by atoms with Gasteiger partial charge in [0.05, 0.1) is 5.69 Å². The van der Waals surface area contributed by atoms with E-state index in [0.29, 0.717) is 6.54 Å². The SMILES string of the molecule is Fc1ccc(NCCCc2ccccc2)c(F)c1F. The molecule has 2 aromatic rings. The Morgan fingerprint density at radius 2 is 1.58 bits per heavy atom. The number of hydrogen-bond acceptors (Lipinski definition) is 1. The van der Waals surface area contributed by atoms with Gasteiger partial charge in [-0.1, -0.05) is 30.3 Å². The van der Waals surface area contributed by atoms with Crippen LogP contribution in [0, 0.1) is 17.5 Å². The van der Waals surface area contributed by atoms with E-state index in [-0.39, 0.29) is 5.69 Å². The molecule has 0 aliphatic rings. The average molecular weight is 265 g/mol. The lowest BCUT2D eigenvalue weighted by molar-refractivity contribution is 0.449. The summed E-state index contributed by atoms with van der Waals surface area (Å²) in [6.45, 7) is 0.497. The largest absolute Gasteiger partial charge is 0.383 e. The molecule has 1 N–H and O–H groups in total. The van der Waals surface area contributed by atoms with Gasteiger partial charge in [-0.25, -0.2) is 13.2 Å². The predicted octanol–water partition coefficient (Wildman–Crippen LogP) is 4.15. The molecule has 0 saturated heterocycles. The van der Waals surface area contributed by atoms with Gasteiger partial charge in [-0.2, -0.15) is 0 Å². The Morgan fingerprint density at radius 3 is 2.32 bits per heavy atom. The van der Waals surface area contributed by atoms with Crippen LogP contribution in [0.4, 0.5) is 18.9 Å². The van der Waals surface area contributed by atoms with Gasteiger partial charge in [0.15, 0.2) is 17.5 Å². The monoisotopic (exact) mass is 265 g/mol. The summed E-state index contributed by atoms with van der Waals surface area (Å²) < 4.78 is 39.0. The Hall–Kier alpha value is -1.97. The van der Waals surface area contributed by atoms with Gasteiger partial charge in [-0.15, -0.1) is 0 Å². The first kappa shape index (κ1) is 13.5. The van der Waals surface area contributed by atoms with Crippen molar-refractivity contribution in [1.29, 1.82) is 0 Å². The summed E-state index contributed by atoms with van der Waals surface area (Å²) in [5, 5.41) is 2.77. The first-order chi connectivity index (χ1) is 9.18. The van der Waals surface area contributed by atoms with Crippen molar-refractivity contribution in [3.63, 3.8) is 0 Å². The van der Waals surface area contributed by atoms with Gasteiger partial charge in [0.25, 0.3) is 0 Å². The zero-order valence-corrected chi connectivity index (χ0v) is 10.3. The van der Waals surface area contributed by atoms with E-state index in [2.05, 4.69) is 5.32 Å². The summed E-state index contributed by atoms with van der Waals surface area (Å²) in [6.07, 6.45) is 1.63. The molecule has 0 aliphatic carbocycles. The van der Waals surface area contributed by atoms with E-state index in [9.17, 15) is 13.2 Å². The second kappa shape index (κ2) is 6.27. The summed E-state index contributed by atoms with van der Waals surface area (Å²) in [5.74, 6) is -3.78. The van der Waals surface area contributed by atoms with E-state index in [0.717, 1.165) is 18.9 Å². The summed E-state index contributed by atoms with van der Waals surface area (Å²) in [6, 6.07) is 12.0. The second-order valence-corrected chi connectivity index (χ2v) is 4.24. The number of hydrogen-bond donors (Lipinski definition) is 1. The first-order valence-electron chi connectivity index (χ1n) is 6.10. The molecule has 19 heavy (non-hydrogen) atoms. The van der Waals surface area contributed by atoms with Gasteiger partial charge in [-0.3, -0.25) is 0 Å². The van der Waals surface area contributed by atoms with Crippen LogP contribution in [-0.4, -0.2) is 6.54 Å². The van der Waals surface area contributed by atoms with E-state index in [1.165, 1.54) is 11.6 Å². The maximum atomic E-state index is 13.3. The van der Waals surface area contributed by atoms with Gasteiger partial charge < -0.3 is 5.32 Å². The molecule has 0 bridgehead atoms. The molecule has 0 unspecified atom stereocenters. The second-order valence-electron chi connectivity index (χ2n) is 4.24. The van der Waals surface area contributed by atoms with Crippen molar-refractivity contribution in [2.24, 2.45) is 0 Å². The number of anilines is 1. The summed E-state index contributed by atoms with van der Waals surface area (Å²) in [7, 11) is 0. The summed E-state index contributed by atoms with van der Waals surface area (Å²) in [5.41, 5.74) is 1.18. The lowest BCUT2D eigenvalue weighted by Crippen LogP contribution is -2.06. The van der Waals surface area contributed by atoms with E-state index < -0.39 is 17.5 Å². The van der Waals surface area contributed by atoms with Crippen molar-refractivity contribution in [3.8, 4) is 0 Å². The first-order valence-corrected chi connectivity index (χ1v) is 6.10. The van der Waals surface area contributed by atoms with Crippen LogP contribution in [0.3, 0.4) is 0 Å². The number of rotatable bonds is 5. The molecule has 0 atom stereocenters. The lowest BCUT2D eigenvalue weighted by atomic mass is 10.1. The minimum Gasteiger partial charge on any atom is -0.383 e. The van der Waals surface area contributed by atoms with E-state index in [4.69, 9.17) is 0 Å². The van der Waals surface area contributed by atoms with Crippen molar-refractivity contribution < 1.29 is 13.2 Å². The highest BCUT2D eigenvalue weighted by Gasteiger charge is 2.12. The quantitative estimate of drug-likeness (QED) is 0.632. The molecule has 4 heteroatoms. The Morgan fingerprint density at radius 1 is 0.842 bits per heavy atom. The van der Waals surface area contributed by atoms with Crippen LogP contribution in [0.2, 0.25) is 0 Å². The molecule has 0 fully saturated rings. The van der Waals surface area contributed by atoms with Crippen molar-refractivity contribution in [2.75, 3.05) is 11.9 Å². The Kier molecular flexibility index (Phi) is 4.44. The molecule has 0 saturated carbocycles. The number of nitrogens with one attached hydrogen (secondary N) is 1. The van der Waals surface area contributed by atoms with E-state index >= 15 is 0 Å². The van der Waals surface area contributed by atoms with Gasteiger partial charge in [0.1, 0.15) is 0 Å². The fourth-order valence-electron chi connectivity index (χ4n) is 1.82. The van der Waals surface area contributed by atoms with E-state index in [1.807, 2.05) is 30.3 Å². The summed E-state index contributed by atoms with van der Waals surface area (Å²) >= 11 is 0. The Balaban J connectivity index is 1.85. The lowest BCUT2D eigenvalue weighted by Gasteiger charge is -2.08. The van der Waals surface area contributed by atoms with Crippen molar-refractivity contribution >= 4 is 5.69 Å². The smallest absolute Gasteiger partial charge is 0.196 e. The topological polar surface area (TPSA) is 12.0 Å². The molecule has 1 nitrogen and oxygen atoms in total. The maximum absolute atomic E-state index is 13.3. The highest BCUT2D eigenvalue weighted by molar-refractivity contribution is 5.45. The van der Waals surface area contributed by atoms with Crippen LogP contribution in [-0.2, 0) is 6.42 Å². The molecule has 0 amide bonds. The van der Waals surface area contributed by atoms with Crippen molar-refractivity contribution in [1.82, 2.24) is 0 Å². The maximum Gasteiger partial charge on any atom is 0.196 e. The van der Waals surface area contributed by atoms with Gasteiger partial charge in [-0.05, 0) is 30.5 Å². The Labute approximate surface area is 110 Å². The molecule has 2 aromatic carbocycles. The molecule has 0 aromatic heterocycles. The normalized spacial score (nSPS) is 10.5. The molecular formula is C15H14F3N. The van der Waals surface area contributed by atoms with Gasteiger partial charge in [0, 0.05) is 6.54 Å².